The van der Waals surface area contributed by atoms with Crippen LogP contribution in [-0.2, 0) is 18.9 Å². The number of nitrogens with two attached hydrogens (primary N) is 1. The zero-order valence-corrected chi connectivity index (χ0v) is 19.7. The Hall–Kier alpha value is -2.54. The summed E-state index contributed by atoms with van der Waals surface area (Å²) in [5.74, 6) is -0.410. The lowest BCUT2D eigenvalue weighted by molar-refractivity contribution is -0.195. The van der Waals surface area contributed by atoms with E-state index in [4.69, 9.17) is 24.7 Å². The molecule has 2 fully saturated rings. The average molecular weight is 464 g/mol. The summed E-state index contributed by atoms with van der Waals surface area (Å²) in [5.41, 5.74) is 6.53. The summed E-state index contributed by atoms with van der Waals surface area (Å²) in [6.07, 6.45) is 2.10. The number of rotatable bonds is 7. The number of hydrogen-bond donors (Lipinski definition) is 3. The molecule has 2 aliphatic heterocycles. The van der Waals surface area contributed by atoms with E-state index < -0.39 is 23.7 Å². The van der Waals surface area contributed by atoms with E-state index in [-0.39, 0.29) is 18.3 Å². The monoisotopic (exact) mass is 463 g/mol. The highest BCUT2D eigenvalue weighted by Crippen LogP contribution is 2.43. The zero-order chi connectivity index (χ0) is 23.8. The van der Waals surface area contributed by atoms with Crippen LogP contribution in [0.4, 0.5) is 10.6 Å². The fraction of sp³-hybridized carbons (Fsp3) is 0.714. The molecule has 12 heteroatoms. The van der Waals surface area contributed by atoms with Crippen LogP contribution in [0.3, 0.4) is 0 Å². The van der Waals surface area contributed by atoms with Gasteiger partial charge in [-0.1, -0.05) is 0 Å². The van der Waals surface area contributed by atoms with Crippen molar-refractivity contribution >= 4 is 23.1 Å². The van der Waals surface area contributed by atoms with Crippen molar-refractivity contribution in [3.05, 3.63) is 12.7 Å². The summed E-state index contributed by atoms with van der Waals surface area (Å²) in [6, 6.07) is 0. The molecule has 0 radical (unpaired) electrons. The second-order valence-corrected chi connectivity index (χ2v) is 9.70. The van der Waals surface area contributed by atoms with Crippen molar-refractivity contribution in [3.8, 4) is 0 Å². The smallest absolute Gasteiger partial charge is 0.407 e. The average Bonchev–Trinajstić information content (AvgIpc) is 3.35. The van der Waals surface area contributed by atoms with Crippen molar-refractivity contribution < 1.29 is 23.7 Å². The standard InChI is InChI=1S/C21H33N7O5/c1-20(2,3)33-19(29)24-8-6-7-23-9-12-14-15(32-21(4,5)31-14)18(30-12)28-11-27-13-16(22)25-10-26-17(13)28/h10-12,14-15,18,23H,6-9H2,1-5H3,(H,24,29)(H2,22,25,26)/t12-,14-,15-,18-/m1/s1. The topological polar surface area (TPSA) is 148 Å². The summed E-state index contributed by atoms with van der Waals surface area (Å²) >= 11 is 0. The highest BCUT2D eigenvalue weighted by molar-refractivity contribution is 5.81. The Morgan fingerprint density at radius 1 is 1.21 bits per heavy atom. The Morgan fingerprint density at radius 3 is 2.73 bits per heavy atom. The molecule has 4 heterocycles. The van der Waals surface area contributed by atoms with Gasteiger partial charge in [-0.05, 0) is 47.6 Å². The molecule has 182 valence electrons. The second kappa shape index (κ2) is 9.01. The maximum Gasteiger partial charge on any atom is 0.407 e. The predicted molar refractivity (Wildman–Crippen MR) is 119 cm³/mol. The minimum absolute atomic E-state index is 0.239. The third kappa shape index (κ3) is 5.35. The first-order valence-corrected chi connectivity index (χ1v) is 11.2. The van der Waals surface area contributed by atoms with Crippen LogP contribution in [0.1, 0.15) is 47.3 Å². The molecule has 0 unspecified atom stereocenters. The fourth-order valence-corrected chi connectivity index (χ4v) is 4.07. The number of carbonyl (C=O) groups excluding carboxylic acids is 1. The molecule has 0 spiro atoms. The Balaban J connectivity index is 1.33. The van der Waals surface area contributed by atoms with Gasteiger partial charge in [-0.2, -0.15) is 0 Å². The number of nitrogen functional groups attached to an aromatic ring is 1. The fourth-order valence-electron chi connectivity index (χ4n) is 4.07. The van der Waals surface area contributed by atoms with Crippen LogP contribution in [0.5, 0.6) is 0 Å². The Bertz CT molecular complexity index is 989. The first kappa shape index (κ1) is 23.6. The molecule has 2 aliphatic rings. The second-order valence-electron chi connectivity index (χ2n) is 9.70. The minimum Gasteiger partial charge on any atom is -0.444 e. The molecule has 4 N–H and O–H groups in total. The van der Waals surface area contributed by atoms with Crippen molar-refractivity contribution in [1.29, 1.82) is 0 Å². The highest BCUT2D eigenvalue weighted by atomic mass is 16.8. The molecule has 2 aromatic rings. The molecule has 4 atom stereocenters. The lowest BCUT2D eigenvalue weighted by Gasteiger charge is -2.25. The van der Waals surface area contributed by atoms with Gasteiger partial charge >= 0.3 is 6.09 Å². The number of aromatic nitrogens is 4. The highest BCUT2D eigenvalue weighted by Gasteiger charge is 2.55. The van der Waals surface area contributed by atoms with Crippen LogP contribution in [0.25, 0.3) is 11.2 Å². The van der Waals surface area contributed by atoms with Gasteiger partial charge in [0.05, 0.1) is 6.33 Å². The summed E-state index contributed by atoms with van der Waals surface area (Å²) in [6.45, 7) is 11.1. The number of imidazole rings is 1. The number of nitrogens with zero attached hydrogens (tertiary/aromatic N) is 4. The molecule has 2 aromatic heterocycles. The normalized spacial score (nSPS) is 26.5. The van der Waals surface area contributed by atoms with Crippen LogP contribution in [0, 0.1) is 0 Å². The molecule has 12 nitrogen and oxygen atoms in total. The molecule has 0 saturated carbocycles. The lowest BCUT2D eigenvalue weighted by Crippen LogP contribution is -2.38. The van der Waals surface area contributed by atoms with Gasteiger partial charge in [-0.25, -0.2) is 19.7 Å². The van der Waals surface area contributed by atoms with Crippen LogP contribution >= 0.6 is 0 Å². The van der Waals surface area contributed by atoms with Gasteiger partial charge in [0.25, 0.3) is 0 Å². The van der Waals surface area contributed by atoms with Gasteiger partial charge in [-0.15, -0.1) is 0 Å². The van der Waals surface area contributed by atoms with Crippen molar-refractivity contribution in [2.24, 2.45) is 0 Å². The van der Waals surface area contributed by atoms with Gasteiger partial charge in [0, 0.05) is 13.1 Å². The quantitative estimate of drug-likeness (QED) is 0.514. The molecule has 0 bridgehead atoms. The van der Waals surface area contributed by atoms with Gasteiger partial charge < -0.3 is 35.3 Å². The van der Waals surface area contributed by atoms with E-state index in [9.17, 15) is 4.79 Å². The van der Waals surface area contributed by atoms with Gasteiger partial charge in [0.15, 0.2) is 23.5 Å². The maximum absolute atomic E-state index is 11.7. The van der Waals surface area contributed by atoms with Crippen molar-refractivity contribution in [1.82, 2.24) is 30.2 Å². The summed E-state index contributed by atoms with van der Waals surface area (Å²) < 4.78 is 25.7. The minimum atomic E-state index is -0.725. The number of alkyl carbamates (subject to hydrolysis) is 1. The number of hydrogen-bond acceptors (Lipinski definition) is 10. The maximum atomic E-state index is 11.7. The number of fused-ring (bicyclic) bond motifs is 2. The van der Waals surface area contributed by atoms with Crippen LogP contribution in [-0.4, -0.2) is 74.9 Å². The zero-order valence-electron chi connectivity index (χ0n) is 19.7. The number of ether oxygens (including phenoxy) is 4. The van der Waals surface area contributed by atoms with Crippen LogP contribution in [0.15, 0.2) is 12.7 Å². The summed E-state index contributed by atoms with van der Waals surface area (Å²) in [5, 5.41) is 6.13. The van der Waals surface area contributed by atoms with Crippen molar-refractivity contribution in [2.45, 2.75) is 77.0 Å². The van der Waals surface area contributed by atoms with E-state index in [1.807, 2.05) is 39.2 Å². The van der Waals surface area contributed by atoms with E-state index >= 15 is 0 Å². The van der Waals surface area contributed by atoms with Gasteiger partial charge in [0.2, 0.25) is 0 Å². The SMILES string of the molecule is CC(C)(C)OC(=O)NCCCNC[C@H]1O[C@@H](n2cnc3c(N)ncnc32)[C@@H]2OC(C)(C)O[C@@H]21. The van der Waals surface area contributed by atoms with E-state index in [1.165, 1.54) is 6.33 Å². The van der Waals surface area contributed by atoms with Crippen molar-refractivity contribution in [2.75, 3.05) is 25.4 Å². The van der Waals surface area contributed by atoms with Crippen LogP contribution in [0.2, 0.25) is 0 Å². The van der Waals surface area contributed by atoms with E-state index in [0.29, 0.717) is 36.6 Å². The van der Waals surface area contributed by atoms with Crippen LogP contribution < -0.4 is 16.4 Å². The number of anilines is 1. The molecule has 0 aliphatic carbocycles. The first-order valence-electron chi connectivity index (χ1n) is 11.2. The number of amides is 1. The Kier molecular flexibility index (Phi) is 6.45. The molecule has 2 saturated heterocycles. The number of nitrogens with one attached hydrogen (secondary N) is 2. The molecule has 4 rings (SSSR count). The lowest BCUT2D eigenvalue weighted by atomic mass is 10.1. The largest absolute Gasteiger partial charge is 0.444 e. The van der Waals surface area contributed by atoms with E-state index in [0.717, 1.165) is 6.42 Å². The molecule has 0 aromatic carbocycles. The third-order valence-corrected chi connectivity index (χ3v) is 5.33. The summed E-state index contributed by atoms with van der Waals surface area (Å²) in [7, 11) is 0. The molecule has 33 heavy (non-hydrogen) atoms. The Morgan fingerprint density at radius 2 is 1.97 bits per heavy atom. The predicted octanol–water partition coefficient (Wildman–Crippen LogP) is 1.33. The number of carbonyl (C=O) groups is 1. The Labute approximate surface area is 192 Å². The van der Waals surface area contributed by atoms with Gasteiger partial charge in [0.1, 0.15) is 35.8 Å². The van der Waals surface area contributed by atoms with Crippen molar-refractivity contribution in [3.63, 3.8) is 0 Å². The van der Waals surface area contributed by atoms with E-state index in [1.54, 1.807) is 6.33 Å². The third-order valence-electron chi connectivity index (χ3n) is 5.33. The molecular weight excluding hydrogens is 430 g/mol. The summed E-state index contributed by atoms with van der Waals surface area (Å²) in [4.78, 5) is 24.4. The molecule has 1 amide bonds. The van der Waals surface area contributed by atoms with E-state index in [2.05, 4.69) is 25.6 Å². The molecular formula is C21H33N7O5. The first-order chi connectivity index (χ1) is 15.5. The van der Waals surface area contributed by atoms with Gasteiger partial charge in [-0.3, -0.25) is 4.57 Å².